The smallest absolute Gasteiger partial charge is 0.280 e. The highest BCUT2D eigenvalue weighted by Gasteiger charge is 2.14. The summed E-state index contributed by atoms with van der Waals surface area (Å²) in [5, 5.41) is 0.796. The van der Waals surface area contributed by atoms with Crippen molar-refractivity contribution in [3.63, 3.8) is 0 Å². The van der Waals surface area contributed by atoms with E-state index in [4.69, 9.17) is 20.1 Å². The molecule has 0 spiro atoms. The van der Waals surface area contributed by atoms with Crippen LogP contribution in [0.3, 0.4) is 0 Å². The summed E-state index contributed by atoms with van der Waals surface area (Å²) in [5.41, 5.74) is 1.23. The van der Waals surface area contributed by atoms with Gasteiger partial charge in [0.05, 0.1) is 32.2 Å². The Kier molecular flexibility index (Phi) is 5.22. The molecule has 7 nitrogen and oxygen atoms in total. The average molecular weight is 373 g/mol. The molecule has 2 aromatic carbocycles. The second kappa shape index (κ2) is 7.57. The lowest BCUT2D eigenvalue weighted by molar-refractivity contribution is 0.355. The van der Waals surface area contributed by atoms with Crippen LogP contribution in [0, 0.1) is 0 Å². The Balaban J connectivity index is 1.95. The van der Waals surface area contributed by atoms with E-state index in [1.54, 1.807) is 19.2 Å². The molecule has 0 radical (unpaired) electrons. The molecule has 3 aromatic rings. The minimum Gasteiger partial charge on any atom is -0.497 e. The number of hydrogen-bond acceptors (Lipinski definition) is 7. The van der Waals surface area contributed by atoms with E-state index in [2.05, 4.69) is 4.98 Å². The van der Waals surface area contributed by atoms with Crippen molar-refractivity contribution >= 4 is 22.7 Å². The van der Waals surface area contributed by atoms with Crippen molar-refractivity contribution in [3.05, 3.63) is 52.3 Å². The number of benzene rings is 2. The molecule has 2 N–H and O–H groups in total. The maximum Gasteiger partial charge on any atom is 0.280 e. The van der Waals surface area contributed by atoms with Crippen LogP contribution in [0.4, 0.5) is 0 Å². The summed E-state index contributed by atoms with van der Waals surface area (Å²) in [4.78, 5) is 17.1. The lowest BCUT2D eigenvalue weighted by Crippen LogP contribution is -2.29. The number of methoxy groups -OCH3 is 3. The van der Waals surface area contributed by atoms with Gasteiger partial charge < -0.3 is 20.1 Å². The quantitative estimate of drug-likeness (QED) is 0.403. The van der Waals surface area contributed by atoms with Crippen molar-refractivity contribution in [1.82, 2.24) is 9.66 Å². The zero-order valence-electron chi connectivity index (χ0n) is 14.7. The van der Waals surface area contributed by atoms with Crippen LogP contribution in [0.5, 0.6) is 17.2 Å². The fourth-order valence-corrected chi connectivity index (χ4v) is 3.35. The highest BCUT2D eigenvalue weighted by Crippen LogP contribution is 2.31. The molecule has 0 atom stereocenters. The maximum atomic E-state index is 12.6. The van der Waals surface area contributed by atoms with Crippen LogP contribution < -0.4 is 25.6 Å². The third-order valence-corrected chi connectivity index (χ3v) is 4.92. The Morgan fingerprint density at radius 2 is 1.69 bits per heavy atom. The molecule has 0 saturated heterocycles. The van der Waals surface area contributed by atoms with Crippen molar-refractivity contribution < 1.29 is 14.2 Å². The molecule has 1 aromatic heterocycles. The van der Waals surface area contributed by atoms with Crippen LogP contribution in [0.15, 0.2) is 46.3 Å². The van der Waals surface area contributed by atoms with E-state index in [1.165, 1.54) is 26.0 Å². The molecule has 1 heterocycles. The zero-order valence-corrected chi connectivity index (χ0v) is 15.5. The van der Waals surface area contributed by atoms with Gasteiger partial charge in [-0.3, -0.25) is 4.79 Å². The summed E-state index contributed by atoms with van der Waals surface area (Å²) in [5.74, 6) is 8.32. The van der Waals surface area contributed by atoms with Gasteiger partial charge in [0.25, 0.3) is 5.56 Å². The summed E-state index contributed by atoms with van der Waals surface area (Å²) >= 11 is 1.38. The van der Waals surface area contributed by atoms with Gasteiger partial charge in [0.1, 0.15) is 5.75 Å². The SMILES string of the molecule is COc1ccc(CSc2nc3cc(OC)c(OC)cc3c(=O)n2N)cc1. The molecule has 0 aliphatic carbocycles. The third-order valence-electron chi connectivity index (χ3n) is 3.90. The number of aromatic nitrogens is 2. The van der Waals surface area contributed by atoms with E-state index >= 15 is 0 Å². The van der Waals surface area contributed by atoms with Crippen LogP contribution in [0.2, 0.25) is 0 Å². The monoisotopic (exact) mass is 373 g/mol. The van der Waals surface area contributed by atoms with Gasteiger partial charge in [0, 0.05) is 11.8 Å². The highest BCUT2D eigenvalue weighted by molar-refractivity contribution is 7.98. The summed E-state index contributed by atoms with van der Waals surface area (Å²) in [6.45, 7) is 0. The fourth-order valence-electron chi connectivity index (χ4n) is 2.48. The fraction of sp³-hybridized carbons (Fsp3) is 0.222. The molecule has 8 heteroatoms. The van der Waals surface area contributed by atoms with Crippen LogP contribution in [-0.2, 0) is 5.75 Å². The van der Waals surface area contributed by atoms with Crippen LogP contribution in [0.25, 0.3) is 10.9 Å². The maximum absolute atomic E-state index is 12.6. The van der Waals surface area contributed by atoms with Crippen molar-refractivity contribution in [2.75, 3.05) is 27.2 Å². The number of thioether (sulfide) groups is 1. The number of rotatable bonds is 6. The summed E-state index contributed by atoms with van der Waals surface area (Å²) in [7, 11) is 4.67. The summed E-state index contributed by atoms with van der Waals surface area (Å²) in [6.07, 6.45) is 0. The molecule has 0 aliphatic heterocycles. The van der Waals surface area contributed by atoms with E-state index in [0.717, 1.165) is 16.0 Å². The molecule has 0 fully saturated rings. The topological polar surface area (TPSA) is 88.6 Å². The van der Waals surface area contributed by atoms with Gasteiger partial charge in [-0.25, -0.2) is 9.66 Å². The first-order chi connectivity index (χ1) is 12.6. The summed E-state index contributed by atoms with van der Waals surface area (Å²) in [6, 6.07) is 10.9. The normalized spacial score (nSPS) is 10.7. The second-order valence-electron chi connectivity index (χ2n) is 5.43. The summed E-state index contributed by atoms with van der Waals surface area (Å²) < 4.78 is 16.7. The van der Waals surface area contributed by atoms with E-state index in [-0.39, 0.29) is 5.56 Å². The standard InChI is InChI=1S/C18H19N3O4S/c1-23-12-6-4-11(5-7-12)10-26-18-20-14-9-16(25-3)15(24-2)8-13(14)17(22)21(18)19/h4-9H,10,19H2,1-3H3. The first kappa shape index (κ1) is 17.9. The molecule has 136 valence electrons. The molecule has 0 unspecified atom stereocenters. The Hall–Kier alpha value is -2.87. The Bertz CT molecular complexity index is 986. The van der Waals surface area contributed by atoms with Gasteiger partial charge in [-0.05, 0) is 23.8 Å². The molecule has 0 amide bonds. The first-order valence-electron chi connectivity index (χ1n) is 7.77. The average Bonchev–Trinajstić information content (AvgIpc) is 2.69. The molecule has 26 heavy (non-hydrogen) atoms. The number of hydrogen-bond donors (Lipinski definition) is 1. The number of ether oxygens (including phenoxy) is 3. The van der Waals surface area contributed by atoms with Gasteiger partial charge >= 0.3 is 0 Å². The van der Waals surface area contributed by atoms with E-state index in [0.29, 0.717) is 33.3 Å². The number of nitrogen functional groups attached to an aromatic ring is 1. The lowest BCUT2D eigenvalue weighted by Gasteiger charge is -2.12. The molecule has 3 rings (SSSR count). The Labute approximate surface area is 154 Å². The molecule has 0 aliphatic rings. The number of nitrogens with two attached hydrogens (primary N) is 1. The minimum absolute atomic E-state index is 0.340. The van der Waals surface area contributed by atoms with Crippen LogP contribution >= 0.6 is 11.8 Å². The molecule has 0 bridgehead atoms. The number of fused-ring (bicyclic) bond motifs is 1. The number of nitrogens with zero attached hydrogens (tertiary/aromatic N) is 2. The molecule has 0 saturated carbocycles. The van der Waals surface area contributed by atoms with Gasteiger partial charge in [0.15, 0.2) is 16.7 Å². The van der Waals surface area contributed by atoms with Gasteiger partial charge in [0.2, 0.25) is 0 Å². The highest BCUT2D eigenvalue weighted by atomic mass is 32.2. The largest absolute Gasteiger partial charge is 0.497 e. The zero-order chi connectivity index (χ0) is 18.7. The van der Waals surface area contributed by atoms with Crippen LogP contribution in [-0.4, -0.2) is 31.0 Å². The van der Waals surface area contributed by atoms with Crippen LogP contribution in [0.1, 0.15) is 5.56 Å². The minimum atomic E-state index is -0.340. The van der Waals surface area contributed by atoms with Crippen molar-refractivity contribution in [3.8, 4) is 17.2 Å². The van der Waals surface area contributed by atoms with Crippen molar-refractivity contribution in [2.24, 2.45) is 0 Å². The Morgan fingerprint density at radius 3 is 2.31 bits per heavy atom. The Morgan fingerprint density at radius 1 is 1.04 bits per heavy atom. The molecular formula is C18H19N3O4S. The molecular weight excluding hydrogens is 354 g/mol. The predicted molar refractivity (Wildman–Crippen MR) is 102 cm³/mol. The van der Waals surface area contributed by atoms with Crippen molar-refractivity contribution in [1.29, 1.82) is 0 Å². The predicted octanol–water partition coefficient (Wildman–Crippen LogP) is 2.43. The van der Waals surface area contributed by atoms with Crippen molar-refractivity contribution in [2.45, 2.75) is 10.9 Å². The van der Waals surface area contributed by atoms with Gasteiger partial charge in [-0.2, -0.15) is 0 Å². The van der Waals surface area contributed by atoms with Gasteiger partial charge in [-0.15, -0.1) is 0 Å². The third kappa shape index (κ3) is 3.41. The van der Waals surface area contributed by atoms with E-state index in [9.17, 15) is 4.79 Å². The first-order valence-corrected chi connectivity index (χ1v) is 8.75. The lowest BCUT2D eigenvalue weighted by atomic mass is 10.2. The van der Waals surface area contributed by atoms with E-state index in [1.807, 2.05) is 24.3 Å². The van der Waals surface area contributed by atoms with E-state index < -0.39 is 0 Å². The second-order valence-corrected chi connectivity index (χ2v) is 6.37. The van der Waals surface area contributed by atoms with Gasteiger partial charge in [-0.1, -0.05) is 23.9 Å².